The van der Waals surface area contributed by atoms with Crippen LogP contribution in [0.4, 0.5) is 0 Å². The molecule has 0 radical (unpaired) electrons. The molecule has 2 rings (SSSR count). The summed E-state index contributed by atoms with van der Waals surface area (Å²) in [7, 11) is 0. The number of aliphatic carboxylic acids is 1. The molecule has 1 heterocycles. The van der Waals surface area contributed by atoms with E-state index < -0.39 is 5.97 Å². The van der Waals surface area contributed by atoms with Gasteiger partial charge in [0.25, 0.3) is 0 Å². The largest absolute Gasteiger partial charge is 0.486 e. The quantitative estimate of drug-likeness (QED) is 0.827. The molecule has 0 spiro atoms. The highest BCUT2D eigenvalue weighted by molar-refractivity contribution is 5.73. The van der Waals surface area contributed by atoms with Crippen LogP contribution in [0, 0.1) is 13.8 Å². The van der Waals surface area contributed by atoms with Gasteiger partial charge in [-0.2, -0.15) is 0 Å². The fourth-order valence-corrected chi connectivity index (χ4v) is 1.85. The lowest BCUT2D eigenvalue weighted by molar-refractivity contribution is -0.136. The van der Waals surface area contributed by atoms with Crippen LogP contribution in [0.3, 0.4) is 0 Å². The third-order valence-corrected chi connectivity index (χ3v) is 2.80. The van der Waals surface area contributed by atoms with Crippen molar-refractivity contribution in [3.63, 3.8) is 0 Å². The van der Waals surface area contributed by atoms with Gasteiger partial charge in [0.2, 0.25) is 0 Å². The predicted octanol–water partition coefficient (Wildman–Crippen LogP) is 1.70. The minimum Gasteiger partial charge on any atom is -0.486 e. The molecule has 0 bridgehead atoms. The van der Waals surface area contributed by atoms with Gasteiger partial charge < -0.3 is 14.6 Å². The van der Waals surface area contributed by atoms with Crippen LogP contribution in [0.1, 0.15) is 16.7 Å². The molecule has 4 heteroatoms. The van der Waals surface area contributed by atoms with Crippen LogP contribution in [0.5, 0.6) is 11.5 Å². The maximum absolute atomic E-state index is 10.8. The number of ether oxygens (including phenoxy) is 2. The first-order valence-electron chi connectivity index (χ1n) is 5.20. The zero-order chi connectivity index (χ0) is 11.7. The van der Waals surface area contributed by atoms with E-state index in [2.05, 4.69) is 0 Å². The summed E-state index contributed by atoms with van der Waals surface area (Å²) >= 11 is 0. The van der Waals surface area contributed by atoms with Gasteiger partial charge >= 0.3 is 5.97 Å². The molecule has 0 saturated heterocycles. The molecule has 0 aliphatic carbocycles. The Balaban J connectivity index is 2.54. The van der Waals surface area contributed by atoms with E-state index in [1.165, 1.54) is 0 Å². The Bertz CT molecular complexity index is 437. The van der Waals surface area contributed by atoms with Gasteiger partial charge in [-0.15, -0.1) is 0 Å². The van der Waals surface area contributed by atoms with Gasteiger partial charge in [0, 0.05) is 5.56 Å². The number of hydrogen-bond acceptors (Lipinski definition) is 3. The number of hydrogen-bond donors (Lipinski definition) is 1. The van der Waals surface area contributed by atoms with Crippen molar-refractivity contribution in [3.05, 3.63) is 22.8 Å². The van der Waals surface area contributed by atoms with Crippen LogP contribution in [-0.4, -0.2) is 24.3 Å². The molecule has 1 aromatic rings. The molecule has 1 N–H and O–H groups in total. The second-order valence-corrected chi connectivity index (χ2v) is 3.89. The number of rotatable bonds is 2. The molecule has 0 atom stereocenters. The zero-order valence-corrected chi connectivity index (χ0v) is 9.37. The number of carboxylic acids is 1. The molecule has 4 nitrogen and oxygen atoms in total. The van der Waals surface area contributed by atoms with Gasteiger partial charge in [0.05, 0.1) is 6.42 Å². The molecule has 16 heavy (non-hydrogen) atoms. The number of carboxylic acid groups (broad SMARTS) is 1. The lowest BCUT2D eigenvalue weighted by Gasteiger charge is -2.23. The first kappa shape index (κ1) is 10.8. The Morgan fingerprint density at radius 3 is 2.75 bits per heavy atom. The van der Waals surface area contributed by atoms with E-state index in [1.54, 1.807) is 0 Å². The Hall–Kier alpha value is -1.71. The molecule has 86 valence electrons. The Morgan fingerprint density at radius 2 is 2.06 bits per heavy atom. The Morgan fingerprint density at radius 1 is 1.38 bits per heavy atom. The highest BCUT2D eigenvalue weighted by atomic mass is 16.6. The predicted molar refractivity (Wildman–Crippen MR) is 58.2 cm³/mol. The minimum absolute atomic E-state index is 0.0286. The average Bonchev–Trinajstić information content (AvgIpc) is 2.24. The summed E-state index contributed by atoms with van der Waals surface area (Å²) in [5, 5.41) is 8.89. The summed E-state index contributed by atoms with van der Waals surface area (Å²) in [6.45, 7) is 4.84. The van der Waals surface area contributed by atoms with E-state index in [-0.39, 0.29) is 6.42 Å². The van der Waals surface area contributed by atoms with Crippen molar-refractivity contribution in [1.29, 1.82) is 0 Å². The van der Waals surface area contributed by atoms with Crippen molar-refractivity contribution in [2.45, 2.75) is 20.3 Å². The van der Waals surface area contributed by atoms with Crippen molar-refractivity contribution in [1.82, 2.24) is 0 Å². The van der Waals surface area contributed by atoms with E-state index in [0.717, 1.165) is 16.7 Å². The molecule has 0 amide bonds. The summed E-state index contributed by atoms with van der Waals surface area (Å²) in [4.78, 5) is 10.8. The molecule has 0 unspecified atom stereocenters. The summed E-state index contributed by atoms with van der Waals surface area (Å²) in [6, 6.07) is 1.90. The molecular weight excluding hydrogens is 208 g/mol. The van der Waals surface area contributed by atoms with Crippen LogP contribution in [0.2, 0.25) is 0 Å². The highest BCUT2D eigenvalue weighted by Crippen LogP contribution is 2.37. The standard InChI is InChI=1S/C12H14O4/c1-7-5-10-12(16-4-3-15-10)9(8(7)2)6-11(13)14/h5H,3-4,6H2,1-2H3,(H,13,14). The van der Waals surface area contributed by atoms with E-state index in [1.807, 2.05) is 19.9 Å². The molecule has 1 aliphatic rings. The highest BCUT2D eigenvalue weighted by Gasteiger charge is 2.21. The van der Waals surface area contributed by atoms with Crippen LogP contribution in [0.25, 0.3) is 0 Å². The van der Waals surface area contributed by atoms with Crippen LogP contribution < -0.4 is 9.47 Å². The first-order valence-corrected chi connectivity index (χ1v) is 5.20. The molecule has 1 aromatic carbocycles. The summed E-state index contributed by atoms with van der Waals surface area (Å²) < 4.78 is 11.0. The van der Waals surface area contributed by atoms with Crippen molar-refractivity contribution >= 4 is 5.97 Å². The molecular formula is C12H14O4. The average molecular weight is 222 g/mol. The number of aryl methyl sites for hydroxylation is 1. The minimum atomic E-state index is -0.856. The third-order valence-electron chi connectivity index (χ3n) is 2.80. The van der Waals surface area contributed by atoms with E-state index in [4.69, 9.17) is 14.6 Å². The second kappa shape index (κ2) is 4.04. The second-order valence-electron chi connectivity index (χ2n) is 3.89. The van der Waals surface area contributed by atoms with E-state index >= 15 is 0 Å². The Kier molecular flexibility index (Phi) is 2.73. The lowest BCUT2D eigenvalue weighted by Crippen LogP contribution is -2.18. The molecule has 0 fully saturated rings. The fourth-order valence-electron chi connectivity index (χ4n) is 1.85. The van der Waals surface area contributed by atoms with Crippen LogP contribution in [-0.2, 0) is 11.2 Å². The van der Waals surface area contributed by atoms with Gasteiger partial charge in [0.1, 0.15) is 13.2 Å². The fraction of sp³-hybridized carbons (Fsp3) is 0.417. The molecule has 0 aromatic heterocycles. The Labute approximate surface area is 93.8 Å². The van der Waals surface area contributed by atoms with Crippen LogP contribution in [0.15, 0.2) is 6.07 Å². The van der Waals surface area contributed by atoms with Gasteiger partial charge in [-0.1, -0.05) is 0 Å². The summed E-state index contributed by atoms with van der Waals surface area (Å²) in [5.74, 6) is 0.396. The third kappa shape index (κ3) is 1.83. The number of benzene rings is 1. The smallest absolute Gasteiger partial charge is 0.307 e. The lowest BCUT2D eigenvalue weighted by atomic mass is 9.98. The van der Waals surface area contributed by atoms with E-state index in [9.17, 15) is 4.79 Å². The van der Waals surface area contributed by atoms with Gasteiger partial charge in [-0.05, 0) is 31.0 Å². The molecule has 1 aliphatic heterocycles. The van der Waals surface area contributed by atoms with Crippen LogP contribution >= 0.6 is 0 Å². The maximum Gasteiger partial charge on any atom is 0.307 e. The van der Waals surface area contributed by atoms with Crippen molar-refractivity contribution < 1.29 is 19.4 Å². The topological polar surface area (TPSA) is 55.8 Å². The van der Waals surface area contributed by atoms with Crippen molar-refractivity contribution in [3.8, 4) is 11.5 Å². The van der Waals surface area contributed by atoms with Crippen molar-refractivity contribution in [2.24, 2.45) is 0 Å². The van der Waals surface area contributed by atoms with Gasteiger partial charge in [-0.3, -0.25) is 4.79 Å². The summed E-state index contributed by atoms with van der Waals surface area (Å²) in [6.07, 6.45) is -0.0286. The monoisotopic (exact) mass is 222 g/mol. The normalized spacial score (nSPS) is 13.6. The van der Waals surface area contributed by atoms with Gasteiger partial charge in [0.15, 0.2) is 11.5 Å². The number of carbonyl (C=O) groups is 1. The zero-order valence-electron chi connectivity index (χ0n) is 9.37. The number of fused-ring (bicyclic) bond motifs is 1. The SMILES string of the molecule is Cc1cc2c(c(CC(=O)O)c1C)OCCO2. The maximum atomic E-state index is 10.8. The van der Waals surface area contributed by atoms with Gasteiger partial charge in [-0.25, -0.2) is 0 Å². The van der Waals surface area contributed by atoms with Crippen molar-refractivity contribution in [2.75, 3.05) is 13.2 Å². The van der Waals surface area contributed by atoms with E-state index in [0.29, 0.717) is 24.7 Å². The summed E-state index contributed by atoms with van der Waals surface area (Å²) in [5.41, 5.74) is 2.72. The molecule has 0 saturated carbocycles. The first-order chi connectivity index (χ1) is 7.59.